The first-order valence-electron chi connectivity index (χ1n) is 5.58. The van der Waals surface area contributed by atoms with E-state index in [0.717, 1.165) is 0 Å². The first kappa shape index (κ1) is 11.5. The number of rotatable bonds is 3. The van der Waals surface area contributed by atoms with Gasteiger partial charge in [0, 0.05) is 4.90 Å². The van der Waals surface area contributed by atoms with E-state index in [2.05, 4.69) is 56.3 Å². The number of hydrogen-bond acceptors (Lipinski definition) is 2. The maximum absolute atomic E-state index is 6.06. The Morgan fingerprint density at radius 3 is 2.38 bits per heavy atom. The standard InChI is InChI=1S/C14H17NS/c1-10(2)14(15)16-13-8-7-11-5-3-4-6-12(11)9-13/h3-10,14H,15H2,1-2H3. The third kappa shape index (κ3) is 2.57. The van der Waals surface area contributed by atoms with E-state index >= 15 is 0 Å². The van der Waals surface area contributed by atoms with Crippen molar-refractivity contribution in [3.8, 4) is 0 Å². The first-order valence-corrected chi connectivity index (χ1v) is 6.46. The summed E-state index contributed by atoms with van der Waals surface area (Å²) in [5.74, 6) is 0.497. The first-order chi connectivity index (χ1) is 7.66. The molecule has 0 bridgehead atoms. The summed E-state index contributed by atoms with van der Waals surface area (Å²) in [6.07, 6.45) is 0. The van der Waals surface area contributed by atoms with Gasteiger partial charge in [0.15, 0.2) is 0 Å². The Balaban J connectivity index is 2.26. The van der Waals surface area contributed by atoms with Gasteiger partial charge in [-0.25, -0.2) is 0 Å². The number of fused-ring (bicyclic) bond motifs is 1. The van der Waals surface area contributed by atoms with Gasteiger partial charge in [-0.1, -0.05) is 44.2 Å². The maximum Gasteiger partial charge on any atom is 0.0577 e. The van der Waals surface area contributed by atoms with Gasteiger partial charge in [-0.15, -0.1) is 11.8 Å². The van der Waals surface area contributed by atoms with Crippen molar-refractivity contribution >= 4 is 22.5 Å². The van der Waals surface area contributed by atoms with Crippen LogP contribution in [0.15, 0.2) is 47.4 Å². The lowest BCUT2D eigenvalue weighted by Crippen LogP contribution is -2.21. The number of benzene rings is 2. The fourth-order valence-corrected chi connectivity index (χ4v) is 2.46. The molecular formula is C14H17NS. The third-order valence-electron chi connectivity index (χ3n) is 2.65. The van der Waals surface area contributed by atoms with Crippen molar-refractivity contribution in [3.63, 3.8) is 0 Å². The van der Waals surface area contributed by atoms with Crippen molar-refractivity contribution in [2.75, 3.05) is 0 Å². The van der Waals surface area contributed by atoms with Gasteiger partial charge in [0.2, 0.25) is 0 Å². The smallest absolute Gasteiger partial charge is 0.0577 e. The lowest BCUT2D eigenvalue weighted by atomic mass is 10.1. The van der Waals surface area contributed by atoms with Crippen LogP contribution < -0.4 is 5.73 Å². The number of nitrogens with two attached hydrogens (primary N) is 1. The van der Waals surface area contributed by atoms with Gasteiger partial charge >= 0.3 is 0 Å². The fraction of sp³-hybridized carbons (Fsp3) is 0.286. The summed E-state index contributed by atoms with van der Waals surface area (Å²) in [5.41, 5.74) is 6.06. The molecule has 1 unspecified atom stereocenters. The molecule has 0 amide bonds. The van der Waals surface area contributed by atoms with Crippen LogP contribution in [0.5, 0.6) is 0 Å². The van der Waals surface area contributed by atoms with Crippen LogP contribution in [-0.2, 0) is 0 Å². The molecule has 0 radical (unpaired) electrons. The highest BCUT2D eigenvalue weighted by molar-refractivity contribution is 7.99. The Morgan fingerprint density at radius 1 is 1.00 bits per heavy atom. The highest BCUT2D eigenvalue weighted by Crippen LogP contribution is 2.27. The summed E-state index contributed by atoms with van der Waals surface area (Å²) in [7, 11) is 0. The predicted molar refractivity (Wildman–Crippen MR) is 72.6 cm³/mol. The normalized spacial score (nSPS) is 13.2. The van der Waals surface area contributed by atoms with Crippen LogP contribution >= 0.6 is 11.8 Å². The predicted octanol–water partition coefficient (Wildman–Crippen LogP) is 3.87. The zero-order chi connectivity index (χ0) is 11.5. The Morgan fingerprint density at radius 2 is 1.69 bits per heavy atom. The average Bonchev–Trinajstić information content (AvgIpc) is 2.28. The lowest BCUT2D eigenvalue weighted by Gasteiger charge is -2.15. The van der Waals surface area contributed by atoms with Crippen molar-refractivity contribution in [2.45, 2.75) is 24.1 Å². The molecule has 2 aromatic rings. The lowest BCUT2D eigenvalue weighted by molar-refractivity contribution is 0.624. The molecule has 16 heavy (non-hydrogen) atoms. The van der Waals surface area contributed by atoms with E-state index in [-0.39, 0.29) is 5.37 Å². The van der Waals surface area contributed by atoms with E-state index in [9.17, 15) is 0 Å². The molecule has 0 aliphatic heterocycles. The molecule has 2 rings (SSSR count). The molecule has 0 saturated heterocycles. The maximum atomic E-state index is 6.06. The van der Waals surface area contributed by atoms with Crippen LogP contribution in [0.25, 0.3) is 10.8 Å². The molecule has 0 fully saturated rings. The Bertz CT molecular complexity index is 479. The monoisotopic (exact) mass is 231 g/mol. The van der Waals surface area contributed by atoms with Crippen molar-refractivity contribution in [1.29, 1.82) is 0 Å². The number of hydrogen-bond donors (Lipinski definition) is 1. The fourth-order valence-electron chi connectivity index (χ4n) is 1.53. The second-order valence-corrected chi connectivity index (χ2v) is 5.59. The van der Waals surface area contributed by atoms with Crippen LogP contribution in [-0.4, -0.2) is 5.37 Å². The number of thioether (sulfide) groups is 1. The van der Waals surface area contributed by atoms with Crippen molar-refractivity contribution in [3.05, 3.63) is 42.5 Å². The summed E-state index contributed by atoms with van der Waals surface area (Å²) in [6, 6.07) is 14.9. The van der Waals surface area contributed by atoms with Crippen LogP contribution in [0.2, 0.25) is 0 Å². The van der Waals surface area contributed by atoms with Gasteiger partial charge in [0.25, 0.3) is 0 Å². The van der Waals surface area contributed by atoms with Crippen LogP contribution in [0.1, 0.15) is 13.8 Å². The quantitative estimate of drug-likeness (QED) is 0.641. The summed E-state index contributed by atoms with van der Waals surface area (Å²) >= 11 is 1.74. The van der Waals surface area contributed by atoms with Crippen molar-refractivity contribution < 1.29 is 0 Å². The highest BCUT2D eigenvalue weighted by atomic mass is 32.2. The molecule has 0 saturated carbocycles. The topological polar surface area (TPSA) is 26.0 Å². The summed E-state index contributed by atoms with van der Waals surface area (Å²) in [5, 5.41) is 2.73. The summed E-state index contributed by atoms with van der Waals surface area (Å²) in [6.45, 7) is 4.30. The molecule has 0 aliphatic carbocycles. The minimum absolute atomic E-state index is 0.168. The van der Waals surface area contributed by atoms with Crippen LogP contribution in [0, 0.1) is 5.92 Å². The van der Waals surface area contributed by atoms with Crippen LogP contribution in [0.4, 0.5) is 0 Å². The van der Waals surface area contributed by atoms with E-state index in [1.165, 1.54) is 15.7 Å². The zero-order valence-electron chi connectivity index (χ0n) is 9.68. The second kappa shape index (κ2) is 4.89. The largest absolute Gasteiger partial charge is 0.319 e. The van der Waals surface area contributed by atoms with Crippen molar-refractivity contribution in [1.82, 2.24) is 0 Å². The van der Waals surface area contributed by atoms with E-state index < -0.39 is 0 Å². The molecule has 0 heterocycles. The Hall–Kier alpha value is -0.990. The van der Waals surface area contributed by atoms with Gasteiger partial charge in [0.1, 0.15) is 0 Å². The molecule has 2 heteroatoms. The van der Waals surface area contributed by atoms with Gasteiger partial charge in [-0.2, -0.15) is 0 Å². The minimum atomic E-state index is 0.168. The highest BCUT2D eigenvalue weighted by Gasteiger charge is 2.09. The average molecular weight is 231 g/mol. The van der Waals surface area contributed by atoms with Gasteiger partial charge in [-0.05, 0) is 28.8 Å². The van der Waals surface area contributed by atoms with E-state index in [1.807, 2.05) is 0 Å². The molecule has 1 nitrogen and oxygen atoms in total. The molecule has 2 aromatic carbocycles. The molecule has 1 atom stereocenters. The minimum Gasteiger partial charge on any atom is -0.319 e. The van der Waals surface area contributed by atoms with Gasteiger partial charge in [0.05, 0.1) is 5.37 Å². The Kier molecular flexibility index (Phi) is 3.52. The zero-order valence-corrected chi connectivity index (χ0v) is 10.5. The van der Waals surface area contributed by atoms with E-state index in [0.29, 0.717) is 5.92 Å². The van der Waals surface area contributed by atoms with Gasteiger partial charge in [-0.3, -0.25) is 0 Å². The molecule has 0 spiro atoms. The molecular weight excluding hydrogens is 214 g/mol. The SMILES string of the molecule is CC(C)C(N)Sc1ccc2ccccc2c1. The molecule has 0 aromatic heterocycles. The molecule has 2 N–H and O–H groups in total. The Labute approximate surface area is 101 Å². The molecule has 0 aliphatic rings. The van der Waals surface area contributed by atoms with Crippen molar-refractivity contribution in [2.24, 2.45) is 11.7 Å². The van der Waals surface area contributed by atoms with E-state index in [4.69, 9.17) is 5.73 Å². The van der Waals surface area contributed by atoms with E-state index in [1.54, 1.807) is 11.8 Å². The van der Waals surface area contributed by atoms with Crippen LogP contribution in [0.3, 0.4) is 0 Å². The molecule has 84 valence electrons. The summed E-state index contributed by atoms with van der Waals surface area (Å²) in [4.78, 5) is 1.25. The summed E-state index contributed by atoms with van der Waals surface area (Å²) < 4.78 is 0. The second-order valence-electron chi connectivity index (χ2n) is 4.34. The third-order valence-corrected chi connectivity index (χ3v) is 3.99. The van der Waals surface area contributed by atoms with Gasteiger partial charge < -0.3 is 5.73 Å².